The summed E-state index contributed by atoms with van der Waals surface area (Å²) in [6, 6.07) is 14.5. The number of aromatic amines is 1. The molecule has 180 valence electrons. The quantitative estimate of drug-likeness (QED) is 0.320. The summed E-state index contributed by atoms with van der Waals surface area (Å²) >= 11 is 1.30. The molecule has 8 nitrogen and oxygen atoms in total. The number of carbonyl (C=O) groups excluding carboxylic acids is 2. The van der Waals surface area contributed by atoms with Gasteiger partial charge in [0.2, 0.25) is 0 Å². The second-order valence-electron chi connectivity index (χ2n) is 7.91. The van der Waals surface area contributed by atoms with E-state index in [4.69, 9.17) is 9.47 Å². The van der Waals surface area contributed by atoms with Crippen LogP contribution in [0, 0.1) is 13.8 Å². The van der Waals surface area contributed by atoms with Gasteiger partial charge in [0.15, 0.2) is 11.2 Å². The van der Waals surface area contributed by atoms with Crippen LogP contribution in [-0.4, -0.2) is 39.5 Å². The van der Waals surface area contributed by atoms with Crippen LogP contribution in [0.3, 0.4) is 0 Å². The number of amides is 1. The van der Waals surface area contributed by atoms with Gasteiger partial charge in [0, 0.05) is 22.2 Å². The van der Waals surface area contributed by atoms with Gasteiger partial charge in [-0.25, -0.2) is 14.8 Å². The van der Waals surface area contributed by atoms with Crippen LogP contribution >= 0.6 is 11.3 Å². The minimum atomic E-state index is -0.990. The standard InChI is InChI=1S/C26H26N4O4S/c1-5-33-21-12-10-18(11-13-21)22-14-35-26(29-22)30-24(31)17(4)34-25(32)20-8-6-19(7-9-20)23-27-15(2)16(3)28-23/h6-14,17H,5H2,1-4H3,(H,27,28)(H,29,30,31). The van der Waals surface area contributed by atoms with E-state index in [-0.39, 0.29) is 0 Å². The van der Waals surface area contributed by atoms with E-state index in [9.17, 15) is 9.59 Å². The number of H-pyrrole nitrogens is 1. The Morgan fingerprint density at radius 2 is 1.71 bits per heavy atom. The van der Waals surface area contributed by atoms with E-state index in [1.165, 1.54) is 18.3 Å². The summed E-state index contributed by atoms with van der Waals surface area (Å²) < 4.78 is 10.8. The number of nitrogens with one attached hydrogen (secondary N) is 2. The molecule has 4 aromatic rings. The third-order valence-electron chi connectivity index (χ3n) is 5.37. The number of aromatic nitrogens is 3. The van der Waals surface area contributed by atoms with Crippen molar-refractivity contribution in [2.24, 2.45) is 0 Å². The molecule has 0 spiro atoms. The highest BCUT2D eigenvalue weighted by atomic mass is 32.1. The first-order chi connectivity index (χ1) is 16.8. The Bertz CT molecular complexity index is 1310. The van der Waals surface area contributed by atoms with E-state index in [0.29, 0.717) is 17.3 Å². The molecule has 1 atom stereocenters. The van der Waals surface area contributed by atoms with Crippen LogP contribution in [0.2, 0.25) is 0 Å². The monoisotopic (exact) mass is 490 g/mol. The Morgan fingerprint density at radius 1 is 1.03 bits per heavy atom. The number of rotatable bonds is 8. The van der Waals surface area contributed by atoms with Crippen LogP contribution in [-0.2, 0) is 9.53 Å². The summed E-state index contributed by atoms with van der Waals surface area (Å²) in [5.74, 6) is 0.487. The molecule has 0 saturated carbocycles. The van der Waals surface area contributed by atoms with Crippen molar-refractivity contribution in [1.29, 1.82) is 0 Å². The van der Waals surface area contributed by atoms with E-state index in [0.717, 1.165) is 39.8 Å². The number of hydrogen-bond acceptors (Lipinski definition) is 7. The number of hydrogen-bond donors (Lipinski definition) is 2. The molecule has 0 aliphatic heterocycles. The van der Waals surface area contributed by atoms with E-state index in [1.54, 1.807) is 24.3 Å². The van der Waals surface area contributed by atoms with E-state index in [2.05, 4.69) is 20.3 Å². The summed E-state index contributed by atoms with van der Waals surface area (Å²) in [4.78, 5) is 37.2. The van der Waals surface area contributed by atoms with Crippen LogP contribution in [0.25, 0.3) is 22.6 Å². The Kier molecular flexibility index (Phi) is 7.26. The third kappa shape index (κ3) is 5.75. The predicted molar refractivity (Wildman–Crippen MR) is 136 cm³/mol. The number of anilines is 1. The molecule has 35 heavy (non-hydrogen) atoms. The van der Waals surface area contributed by atoms with Gasteiger partial charge in [0.1, 0.15) is 11.6 Å². The first-order valence-corrected chi connectivity index (χ1v) is 12.1. The fraction of sp³-hybridized carbons (Fsp3) is 0.231. The molecule has 9 heteroatoms. The van der Waals surface area contributed by atoms with Gasteiger partial charge in [0.25, 0.3) is 5.91 Å². The highest BCUT2D eigenvalue weighted by Crippen LogP contribution is 2.27. The van der Waals surface area contributed by atoms with Gasteiger partial charge in [-0.3, -0.25) is 10.1 Å². The van der Waals surface area contributed by atoms with E-state index >= 15 is 0 Å². The smallest absolute Gasteiger partial charge is 0.338 e. The zero-order valence-corrected chi connectivity index (χ0v) is 20.7. The zero-order valence-electron chi connectivity index (χ0n) is 19.9. The van der Waals surface area contributed by atoms with Crippen molar-refractivity contribution in [3.8, 4) is 28.4 Å². The number of imidazole rings is 1. The molecule has 2 aromatic carbocycles. The molecular formula is C26H26N4O4S. The lowest BCUT2D eigenvalue weighted by Gasteiger charge is -2.12. The molecule has 1 unspecified atom stereocenters. The van der Waals surface area contributed by atoms with Crippen molar-refractivity contribution in [1.82, 2.24) is 15.0 Å². The number of thiazole rings is 1. The summed E-state index contributed by atoms with van der Waals surface area (Å²) in [5, 5.41) is 4.99. The maximum atomic E-state index is 12.6. The second kappa shape index (κ2) is 10.5. The second-order valence-corrected chi connectivity index (χ2v) is 8.76. The van der Waals surface area contributed by atoms with Crippen LogP contribution in [0.15, 0.2) is 53.9 Å². The van der Waals surface area contributed by atoms with E-state index < -0.39 is 18.0 Å². The Hall–Kier alpha value is -3.98. The molecule has 0 bridgehead atoms. The highest BCUT2D eigenvalue weighted by Gasteiger charge is 2.20. The molecule has 0 radical (unpaired) electrons. The number of benzene rings is 2. The minimum Gasteiger partial charge on any atom is -0.494 e. The lowest BCUT2D eigenvalue weighted by atomic mass is 10.1. The number of ether oxygens (including phenoxy) is 2. The average molecular weight is 491 g/mol. The van der Waals surface area contributed by atoms with Crippen LogP contribution in [0.4, 0.5) is 5.13 Å². The molecular weight excluding hydrogens is 464 g/mol. The van der Waals surface area contributed by atoms with Crippen molar-refractivity contribution in [3.05, 3.63) is 70.9 Å². The van der Waals surface area contributed by atoms with Crippen molar-refractivity contribution in [3.63, 3.8) is 0 Å². The van der Waals surface area contributed by atoms with E-state index in [1.807, 2.05) is 50.4 Å². The molecule has 2 N–H and O–H groups in total. The van der Waals surface area contributed by atoms with Crippen molar-refractivity contribution in [2.75, 3.05) is 11.9 Å². The van der Waals surface area contributed by atoms with Gasteiger partial charge >= 0.3 is 5.97 Å². The number of carbonyl (C=O) groups is 2. The molecule has 4 rings (SSSR count). The van der Waals surface area contributed by atoms with Gasteiger partial charge in [-0.15, -0.1) is 11.3 Å². The highest BCUT2D eigenvalue weighted by molar-refractivity contribution is 7.14. The lowest BCUT2D eigenvalue weighted by Crippen LogP contribution is -2.29. The average Bonchev–Trinajstić information content (AvgIpc) is 3.46. The zero-order chi connectivity index (χ0) is 24.9. The van der Waals surface area contributed by atoms with Gasteiger partial charge in [0.05, 0.1) is 23.6 Å². The van der Waals surface area contributed by atoms with Crippen LogP contribution < -0.4 is 10.1 Å². The fourth-order valence-electron chi connectivity index (χ4n) is 3.29. The summed E-state index contributed by atoms with van der Waals surface area (Å²) in [6.45, 7) is 7.94. The first kappa shape index (κ1) is 24.2. The number of nitrogens with zero attached hydrogens (tertiary/aromatic N) is 2. The topological polar surface area (TPSA) is 106 Å². The number of esters is 1. The van der Waals surface area contributed by atoms with Gasteiger partial charge in [-0.05, 0) is 64.1 Å². The predicted octanol–water partition coefficient (Wildman–Crippen LogP) is 5.40. The Labute approximate surface area is 207 Å². The molecule has 1 amide bonds. The van der Waals surface area contributed by atoms with Gasteiger partial charge in [-0.2, -0.15) is 0 Å². The van der Waals surface area contributed by atoms with Crippen molar-refractivity contribution in [2.45, 2.75) is 33.8 Å². The Balaban J connectivity index is 1.34. The molecule has 2 heterocycles. The third-order valence-corrected chi connectivity index (χ3v) is 6.13. The molecule has 0 saturated heterocycles. The van der Waals surface area contributed by atoms with Gasteiger partial charge in [-0.1, -0.05) is 12.1 Å². The van der Waals surface area contributed by atoms with Crippen molar-refractivity contribution >= 4 is 28.3 Å². The largest absolute Gasteiger partial charge is 0.494 e. The molecule has 2 aromatic heterocycles. The fourth-order valence-corrected chi connectivity index (χ4v) is 4.01. The van der Waals surface area contributed by atoms with Gasteiger partial charge < -0.3 is 14.5 Å². The SMILES string of the molecule is CCOc1ccc(-c2csc(NC(=O)C(C)OC(=O)c3ccc(-c4nc(C)c(C)[nH]4)cc3)n2)cc1. The first-order valence-electron chi connectivity index (χ1n) is 11.2. The summed E-state index contributed by atoms with van der Waals surface area (Å²) in [7, 11) is 0. The summed E-state index contributed by atoms with van der Waals surface area (Å²) in [5.41, 5.74) is 4.77. The normalized spacial score (nSPS) is 11.7. The lowest BCUT2D eigenvalue weighted by molar-refractivity contribution is -0.123. The maximum Gasteiger partial charge on any atom is 0.338 e. The Morgan fingerprint density at radius 3 is 2.34 bits per heavy atom. The van der Waals surface area contributed by atoms with Crippen LogP contribution in [0.5, 0.6) is 5.75 Å². The van der Waals surface area contributed by atoms with Crippen LogP contribution in [0.1, 0.15) is 35.6 Å². The molecule has 0 fully saturated rings. The molecule has 0 aliphatic carbocycles. The maximum absolute atomic E-state index is 12.6. The molecule has 0 aliphatic rings. The summed E-state index contributed by atoms with van der Waals surface area (Å²) in [6.07, 6.45) is -0.990. The number of aryl methyl sites for hydroxylation is 2. The minimum absolute atomic E-state index is 0.348. The van der Waals surface area contributed by atoms with Crippen molar-refractivity contribution < 1.29 is 19.1 Å².